The van der Waals surface area contributed by atoms with Crippen molar-refractivity contribution in [3.63, 3.8) is 0 Å². The van der Waals surface area contributed by atoms with Crippen molar-refractivity contribution in [2.45, 2.75) is 45.1 Å². The molecular formula is C11H24O3. The maximum atomic E-state index is 9.41. The molecule has 0 radical (unpaired) electrons. The summed E-state index contributed by atoms with van der Waals surface area (Å²) in [7, 11) is 1.70. The molecule has 0 aromatic rings. The normalized spacial score (nSPS) is 13.1. The highest BCUT2D eigenvalue weighted by atomic mass is 16.5. The van der Waals surface area contributed by atoms with Crippen LogP contribution in [-0.4, -0.2) is 38.1 Å². The van der Waals surface area contributed by atoms with E-state index >= 15 is 0 Å². The molecule has 0 fully saturated rings. The first-order chi connectivity index (χ1) is 6.81. The number of ether oxygens (including phenoxy) is 2. The van der Waals surface area contributed by atoms with Crippen LogP contribution in [0.1, 0.15) is 39.0 Å². The zero-order chi connectivity index (χ0) is 10.6. The zero-order valence-corrected chi connectivity index (χ0v) is 9.50. The smallest absolute Gasteiger partial charge is 0.0541 e. The minimum atomic E-state index is -0.137. The highest BCUT2D eigenvalue weighted by Crippen LogP contribution is 2.04. The summed E-state index contributed by atoms with van der Waals surface area (Å²) in [5, 5.41) is 9.41. The molecule has 86 valence electrons. The Balaban J connectivity index is 2.98. The Morgan fingerprint density at radius 2 is 1.79 bits per heavy atom. The maximum absolute atomic E-state index is 9.41. The lowest BCUT2D eigenvalue weighted by molar-refractivity contribution is 0.0862. The van der Waals surface area contributed by atoms with Crippen LogP contribution in [0.3, 0.4) is 0 Å². The zero-order valence-electron chi connectivity index (χ0n) is 9.50. The van der Waals surface area contributed by atoms with Gasteiger partial charge in [-0.1, -0.05) is 13.3 Å². The predicted molar refractivity (Wildman–Crippen MR) is 57.5 cm³/mol. The summed E-state index contributed by atoms with van der Waals surface area (Å²) in [5.41, 5.74) is 0. The molecule has 0 bridgehead atoms. The summed E-state index contributed by atoms with van der Waals surface area (Å²) < 4.78 is 10.3. The summed E-state index contributed by atoms with van der Waals surface area (Å²) in [6.45, 7) is 4.37. The van der Waals surface area contributed by atoms with E-state index in [1.54, 1.807) is 7.11 Å². The van der Waals surface area contributed by atoms with Gasteiger partial charge < -0.3 is 14.6 Å². The lowest BCUT2D eigenvalue weighted by Gasteiger charge is -2.08. The third-order valence-electron chi connectivity index (χ3n) is 2.09. The quantitative estimate of drug-likeness (QED) is 0.553. The van der Waals surface area contributed by atoms with E-state index in [1.807, 2.05) is 0 Å². The molecule has 0 aliphatic carbocycles. The van der Waals surface area contributed by atoms with Crippen LogP contribution in [0.15, 0.2) is 0 Å². The van der Waals surface area contributed by atoms with E-state index in [2.05, 4.69) is 6.92 Å². The molecule has 0 amide bonds. The van der Waals surface area contributed by atoms with Gasteiger partial charge in [0.15, 0.2) is 0 Å². The largest absolute Gasteiger partial charge is 0.393 e. The summed E-state index contributed by atoms with van der Waals surface area (Å²) in [6.07, 6.45) is 4.59. The second kappa shape index (κ2) is 11.0. The van der Waals surface area contributed by atoms with E-state index in [-0.39, 0.29) is 6.10 Å². The Labute approximate surface area is 87.4 Å². The molecule has 0 rings (SSSR count). The van der Waals surface area contributed by atoms with E-state index in [9.17, 15) is 5.11 Å². The topological polar surface area (TPSA) is 38.7 Å². The number of rotatable bonds is 10. The lowest BCUT2D eigenvalue weighted by Crippen LogP contribution is -2.08. The minimum absolute atomic E-state index is 0.137. The first-order valence-corrected chi connectivity index (χ1v) is 5.56. The van der Waals surface area contributed by atoms with Gasteiger partial charge in [0.05, 0.1) is 6.10 Å². The summed E-state index contributed by atoms with van der Waals surface area (Å²) in [6, 6.07) is 0. The molecule has 0 aromatic heterocycles. The fraction of sp³-hybridized carbons (Fsp3) is 1.00. The molecule has 0 aromatic carbocycles. The van der Waals surface area contributed by atoms with Gasteiger partial charge in [0.25, 0.3) is 0 Å². The number of methoxy groups -OCH3 is 1. The van der Waals surface area contributed by atoms with Crippen molar-refractivity contribution in [3.8, 4) is 0 Å². The van der Waals surface area contributed by atoms with Gasteiger partial charge in [-0.25, -0.2) is 0 Å². The average molecular weight is 204 g/mol. The third-order valence-corrected chi connectivity index (χ3v) is 2.09. The molecule has 3 heteroatoms. The van der Waals surface area contributed by atoms with Crippen LogP contribution >= 0.6 is 0 Å². The third kappa shape index (κ3) is 9.96. The fourth-order valence-corrected chi connectivity index (χ4v) is 1.31. The molecule has 1 atom stereocenters. The summed E-state index contributed by atoms with van der Waals surface area (Å²) in [4.78, 5) is 0. The molecular weight excluding hydrogens is 180 g/mol. The van der Waals surface area contributed by atoms with E-state index in [4.69, 9.17) is 9.47 Å². The molecule has 3 nitrogen and oxygen atoms in total. The van der Waals surface area contributed by atoms with Gasteiger partial charge in [0, 0.05) is 26.9 Å². The maximum Gasteiger partial charge on any atom is 0.0541 e. The highest BCUT2D eigenvalue weighted by Gasteiger charge is 2.01. The molecule has 1 N–H and O–H groups in total. The monoisotopic (exact) mass is 204 g/mol. The Bertz CT molecular complexity index is 107. The van der Waals surface area contributed by atoms with Crippen molar-refractivity contribution in [1.29, 1.82) is 0 Å². The van der Waals surface area contributed by atoms with Crippen LogP contribution in [0.4, 0.5) is 0 Å². The molecule has 1 unspecified atom stereocenters. The standard InChI is InChI=1S/C11H24O3/c1-3-6-11(12)7-4-9-14-10-5-8-13-2/h11-12H,3-10H2,1-2H3. The number of aliphatic hydroxyl groups is 1. The van der Waals surface area contributed by atoms with Gasteiger partial charge in [0.2, 0.25) is 0 Å². The first-order valence-electron chi connectivity index (χ1n) is 5.56. The van der Waals surface area contributed by atoms with Crippen LogP contribution < -0.4 is 0 Å². The number of aliphatic hydroxyl groups excluding tert-OH is 1. The number of hydrogen-bond donors (Lipinski definition) is 1. The molecule has 14 heavy (non-hydrogen) atoms. The van der Waals surface area contributed by atoms with E-state index in [0.717, 1.165) is 51.9 Å². The van der Waals surface area contributed by atoms with Crippen LogP contribution in [0.2, 0.25) is 0 Å². The fourth-order valence-electron chi connectivity index (χ4n) is 1.31. The van der Waals surface area contributed by atoms with E-state index in [1.165, 1.54) is 0 Å². The van der Waals surface area contributed by atoms with Gasteiger partial charge in [-0.3, -0.25) is 0 Å². The van der Waals surface area contributed by atoms with Crippen molar-refractivity contribution in [2.24, 2.45) is 0 Å². The molecule has 0 heterocycles. The Morgan fingerprint density at radius 1 is 1.07 bits per heavy atom. The van der Waals surface area contributed by atoms with Crippen LogP contribution in [0.5, 0.6) is 0 Å². The second-order valence-electron chi connectivity index (χ2n) is 3.54. The van der Waals surface area contributed by atoms with Crippen LogP contribution in [0, 0.1) is 0 Å². The Kier molecular flexibility index (Phi) is 10.9. The molecule has 0 saturated carbocycles. The number of hydrogen-bond acceptors (Lipinski definition) is 3. The molecule has 0 saturated heterocycles. The van der Waals surface area contributed by atoms with Crippen LogP contribution in [-0.2, 0) is 9.47 Å². The predicted octanol–water partition coefficient (Wildman–Crippen LogP) is 1.98. The Morgan fingerprint density at radius 3 is 2.43 bits per heavy atom. The van der Waals surface area contributed by atoms with Crippen molar-refractivity contribution in [1.82, 2.24) is 0 Å². The van der Waals surface area contributed by atoms with Gasteiger partial charge >= 0.3 is 0 Å². The Hall–Kier alpha value is -0.120. The first kappa shape index (κ1) is 13.9. The van der Waals surface area contributed by atoms with Gasteiger partial charge in [-0.05, 0) is 25.7 Å². The van der Waals surface area contributed by atoms with E-state index < -0.39 is 0 Å². The lowest BCUT2D eigenvalue weighted by atomic mass is 10.1. The van der Waals surface area contributed by atoms with Gasteiger partial charge in [-0.15, -0.1) is 0 Å². The van der Waals surface area contributed by atoms with Gasteiger partial charge in [0.1, 0.15) is 0 Å². The van der Waals surface area contributed by atoms with Crippen molar-refractivity contribution in [3.05, 3.63) is 0 Å². The average Bonchev–Trinajstić information content (AvgIpc) is 2.17. The van der Waals surface area contributed by atoms with Crippen molar-refractivity contribution >= 4 is 0 Å². The molecule has 0 spiro atoms. The minimum Gasteiger partial charge on any atom is -0.393 e. The highest BCUT2D eigenvalue weighted by molar-refractivity contribution is 4.53. The SMILES string of the molecule is CCCC(O)CCCOCCCOC. The van der Waals surface area contributed by atoms with Crippen LogP contribution in [0.25, 0.3) is 0 Å². The molecule has 0 aliphatic heterocycles. The van der Waals surface area contributed by atoms with E-state index in [0.29, 0.717) is 0 Å². The van der Waals surface area contributed by atoms with Crippen molar-refractivity contribution < 1.29 is 14.6 Å². The second-order valence-corrected chi connectivity index (χ2v) is 3.54. The summed E-state index contributed by atoms with van der Waals surface area (Å²) in [5.74, 6) is 0. The summed E-state index contributed by atoms with van der Waals surface area (Å²) >= 11 is 0. The molecule has 0 aliphatic rings. The van der Waals surface area contributed by atoms with Crippen molar-refractivity contribution in [2.75, 3.05) is 26.9 Å². The van der Waals surface area contributed by atoms with Gasteiger partial charge in [-0.2, -0.15) is 0 Å².